The molecule has 0 amide bonds. The number of H-pyrrole nitrogens is 1. The van der Waals surface area contributed by atoms with Crippen LogP contribution in [0.2, 0.25) is 0 Å². The summed E-state index contributed by atoms with van der Waals surface area (Å²) in [5.41, 5.74) is 0. The van der Waals surface area contributed by atoms with Gasteiger partial charge in [0.05, 0.1) is 6.10 Å². The molecule has 0 bridgehead atoms. The quantitative estimate of drug-likeness (QED) is 0.906. The summed E-state index contributed by atoms with van der Waals surface area (Å²) in [7, 11) is 1.82. The molecule has 2 fully saturated rings. The number of nitrogens with zero attached hydrogens (tertiary/aromatic N) is 2. The number of aromatic nitrogens is 3. The van der Waals surface area contributed by atoms with E-state index in [1.165, 1.54) is 51.4 Å². The molecule has 1 aromatic rings. The van der Waals surface area contributed by atoms with Crippen molar-refractivity contribution in [3.8, 4) is 0 Å². The van der Waals surface area contributed by atoms with Crippen LogP contribution in [0.15, 0.2) is 0 Å². The Balaban J connectivity index is 1.70. The molecule has 0 aromatic carbocycles. The van der Waals surface area contributed by atoms with Crippen LogP contribution in [-0.4, -0.2) is 28.4 Å². The van der Waals surface area contributed by atoms with E-state index in [-0.39, 0.29) is 0 Å². The molecular weight excluding hydrogens is 262 g/mol. The summed E-state index contributed by atoms with van der Waals surface area (Å²) in [5, 5.41) is 7.83. The molecular formula is C17H29N3O. The topological polar surface area (TPSA) is 50.8 Å². The molecule has 4 atom stereocenters. The molecule has 1 N–H and O–H groups in total. The van der Waals surface area contributed by atoms with Gasteiger partial charge >= 0.3 is 0 Å². The van der Waals surface area contributed by atoms with Gasteiger partial charge in [-0.3, -0.25) is 5.10 Å². The van der Waals surface area contributed by atoms with Crippen molar-refractivity contribution in [2.45, 2.75) is 82.7 Å². The van der Waals surface area contributed by atoms with Gasteiger partial charge < -0.3 is 4.74 Å². The van der Waals surface area contributed by atoms with Crippen molar-refractivity contribution in [2.24, 2.45) is 5.92 Å². The maximum absolute atomic E-state index is 5.53. The van der Waals surface area contributed by atoms with Gasteiger partial charge in [-0.1, -0.05) is 32.6 Å². The van der Waals surface area contributed by atoms with Crippen LogP contribution in [0.25, 0.3) is 0 Å². The van der Waals surface area contributed by atoms with Crippen molar-refractivity contribution in [1.82, 2.24) is 15.2 Å². The van der Waals surface area contributed by atoms with Crippen LogP contribution in [0.5, 0.6) is 0 Å². The summed E-state index contributed by atoms with van der Waals surface area (Å²) in [5.74, 6) is 4.06. The Labute approximate surface area is 128 Å². The van der Waals surface area contributed by atoms with Gasteiger partial charge in [0, 0.05) is 18.9 Å². The standard InChI is InChI=1S/C17H29N3O/c1-3-12-7-4-5-10-15(12)17-18-16(19-20-17)13-8-6-9-14(11-13)21-2/h12-15H,3-11H2,1-2H3,(H,18,19,20). The van der Waals surface area contributed by atoms with Crippen molar-refractivity contribution in [1.29, 1.82) is 0 Å². The molecule has 0 radical (unpaired) electrons. The van der Waals surface area contributed by atoms with E-state index in [0.717, 1.165) is 24.0 Å². The fraction of sp³-hybridized carbons (Fsp3) is 0.882. The number of aromatic amines is 1. The van der Waals surface area contributed by atoms with Crippen LogP contribution in [0.1, 0.15) is 88.2 Å². The highest BCUT2D eigenvalue weighted by Gasteiger charge is 2.30. The van der Waals surface area contributed by atoms with E-state index in [0.29, 0.717) is 17.9 Å². The lowest BCUT2D eigenvalue weighted by molar-refractivity contribution is 0.0624. The molecule has 0 saturated heterocycles. The van der Waals surface area contributed by atoms with Crippen molar-refractivity contribution in [3.63, 3.8) is 0 Å². The molecule has 4 heteroatoms. The third kappa shape index (κ3) is 3.31. The van der Waals surface area contributed by atoms with Gasteiger partial charge in [-0.05, 0) is 38.0 Å². The summed E-state index contributed by atoms with van der Waals surface area (Å²) < 4.78 is 5.53. The molecule has 2 aliphatic carbocycles. The number of ether oxygens (including phenoxy) is 1. The maximum Gasteiger partial charge on any atom is 0.153 e. The Morgan fingerprint density at radius 3 is 2.81 bits per heavy atom. The Kier molecular flexibility index (Phi) is 4.94. The third-order valence-electron chi connectivity index (χ3n) is 5.63. The van der Waals surface area contributed by atoms with Gasteiger partial charge in [-0.25, -0.2) is 4.98 Å². The van der Waals surface area contributed by atoms with Crippen LogP contribution < -0.4 is 0 Å². The van der Waals surface area contributed by atoms with Gasteiger partial charge in [0.1, 0.15) is 5.82 Å². The summed E-state index contributed by atoms with van der Waals surface area (Å²) in [6.07, 6.45) is 11.7. The molecule has 118 valence electrons. The average Bonchev–Trinajstić information content (AvgIpc) is 3.04. The highest BCUT2D eigenvalue weighted by molar-refractivity contribution is 5.06. The van der Waals surface area contributed by atoms with Crippen LogP contribution >= 0.6 is 0 Å². The van der Waals surface area contributed by atoms with Crippen LogP contribution in [0.3, 0.4) is 0 Å². The van der Waals surface area contributed by atoms with Crippen molar-refractivity contribution in [3.05, 3.63) is 11.6 Å². The average molecular weight is 291 g/mol. The predicted octanol–water partition coefficient (Wildman–Crippen LogP) is 4.16. The number of nitrogens with one attached hydrogen (secondary N) is 1. The number of rotatable bonds is 4. The van der Waals surface area contributed by atoms with Crippen molar-refractivity contribution in [2.75, 3.05) is 7.11 Å². The van der Waals surface area contributed by atoms with E-state index in [9.17, 15) is 0 Å². The fourth-order valence-corrected chi connectivity index (χ4v) is 4.29. The third-order valence-corrected chi connectivity index (χ3v) is 5.63. The smallest absolute Gasteiger partial charge is 0.153 e. The number of methoxy groups -OCH3 is 1. The van der Waals surface area contributed by atoms with Crippen LogP contribution in [-0.2, 0) is 4.74 Å². The lowest BCUT2D eigenvalue weighted by atomic mass is 9.77. The summed E-state index contributed by atoms with van der Waals surface area (Å²) in [6, 6.07) is 0. The van der Waals surface area contributed by atoms with Crippen molar-refractivity contribution >= 4 is 0 Å². The largest absolute Gasteiger partial charge is 0.381 e. The van der Waals surface area contributed by atoms with Gasteiger partial charge in [0.15, 0.2) is 5.82 Å². The second kappa shape index (κ2) is 6.91. The predicted molar refractivity (Wildman–Crippen MR) is 83.4 cm³/mol. The Hall–Kier alpha value is -0.900. The molecule has 1 heterocycles. The highest BCUT2D eigenvalue weighted by atomic mass is 16.5. The molecule has 21 heavy (non-hydrogen) atoms. The number of hydrogen-bond donors (Lipinski definition) is 1. The molecule has 2 saturated carbocycles. The molecule has 0 aliphatic heterocycles. The van der Waals surface area contributed by atoms with Crippen LogP contribution in [0, 0.1) is 5.92 Å². The molecule has 1 aromatic heterocycles. The molecule has 0 spiro atoms. The Morgan fingerprint density at radius 1 is 1.14 bits per heavy atom. The second-order valence-electron chi connectivity index (χ2n) is 6.86. The van der Waals surface area contributed by atoms with Gasteiger partial charge in [0.25, 0.3) is 0 Å². The van der Waals surface area contributed by atoms with E-state index in [1.54, 1.807) is 0 Å². The van der Waals surface area contributed by atoms with Crippen LogP contribution in [0.4, 0.5) is 0 Å². The van der Waals surface area contributed by atoms with E-state index in [1.807, 2.05) is 7.11 Å². The normalized spacial score (nSPS) is 34.0. The Bertz CT molecular complexity index is 445. The summed E-state index contributed by atoms with van der Waals surface area (Å²) in [6.45, 7) is 2.31. The maximum atomic E-state index is 5.53. The number of hydrogen-bond acceptors (Lipinski definition) is 3. The first-order valence-electron chi connectivity index (χ1n) is 8.76. The first-order valence-corrected chi connectivity index (χ1v) is 8.76. The highest BCUT2D eigenvalue weighted by Crippen LogP contribution is 2.39. The fourth-order valence-electron chi connectivity index (χ4n) is 4.29. The molecule has 3 rings (SSSR count). The van der Waals surface area contributed by atoms with Crippen molar-refractivity contribution < 1.29 is 4.74 Å². The lowest BCUT2D eigenvalue weighted by Crippen LogP contribution is -2.21. The zero-order valence-electron chi connectivity index (χ0n) is 13.5. The first kappa shape index (κ1) is 15.0. The van der Waals surface area contributed by atoms with E-state index < -0.39 is 0 Å². The monoisotopic (exact) mass is 291 g/mol. The Morgan fingerprint density at radius 2 is 2.00 bits per heavy atom. The summed E-state index contributed by atoms with van der Waals surface area (Å²) >= 11 is 0. The first-order chi connectivity index (χ1) is 10.3. The zero-order chi connectivity index (χ0) is 14.7. The minimum absolute atomic E-state index is 0.392. The minimum Gasteiger partial charge on any atom is -0.381 e. The van der Waals surface area contributed by atoms with Gasteiger partial charge in [-0.15, -0.1) is 0 Å². The van der Waals surface area contributed by atoms with E-state index >= 15 is 0 Å². The zero-order valence-corrected chi connectivity index (χ0v) is 13.5. The SMILES string of the molecule is CCC1CCCCC1c1nc(C2CCCC(OC)C2)n[nH]1. The molecule has 2 aliphatic rings. The van der Waals surface area contributed by atoms with E-state index in [4.69, 9.17) is 9.72 Å². The van der Waals surface area contributed by atoms with Gasteiger partial charge in [-0.2, -0.15) is 5.10 Å². The minimum atomic E-state index is 0.392. The molecule has 4 nitrogen and oxygen atoms in total. The second-order valence-corrected chi connectivity index (χ2v) is 6.86. The lowest BCUT2D eigenvalue weighted by Gasteiger charge is -2.29. The molecule has 4 unspecified atom stereocenters. The summed E-state index contributed by atoms with van der Waals surface area (Å²) in [4.78, 5) is 4.90. The van der Waals surface area contributed by atoms with Gasteiger partial charge in [0.2, 0.25) is 0 Å². The van der Waals surface area contributed by atoms with E-state index in [2.05, 4.69) is 17.1 Å².